The van der Waals surface area contributed by atoms with E-state index < -0.39 is 11.6 Å². The maximum Gasteiger partial charge on any atom is 0.159 e. The van der Waals surface area contributed by atoms with Gasteiger partial charge in [0.1, 0.15) is 0 Å². The zero-order chi connectivity index (χ0) is 13.4. The lowest BCUT2D eigenvalue weighted by atomic mass is 9.72. The van der Waals surface area contributed by atoms with Gasteiger partial charge >= 0.3 is 0 Å². The molecule has 19 heavy (non-hydrogen) atoms. The van der Waals surface area contributed by atoms with Crippen molar-refractivity contribution in [3.63, 3.8) is 0 Å². The van der Waals surface area contributed by atoms with E-state index in [0.29, 0.717) is 5.92 Å². The molecule has 0 amide bonds. The Morgan fingerprint density at radius 3 is 2.58 bits per heavy atom. The summed E-state index contributed by atoms with van der Waals surface area (Å²) in [6.07, 6.45) is 0.973. The highest BCUT2D eigenvalue weighted by molar-refractivity contribution is 5.43. The Bertz CT molecular complexity index is 609. The molecule has 0 bridgehead atoms. The van der Waals surface area contributed by atoms with Crippen LogP contribution in [-0.2, 0) is 6.42 Å². The minimum Gasteiger partial charge on any atom is -0.312 e. The highest BCUT2D eigenvalue weighted by atomic mass is 19.2. The lowest BCUT2D eigenvalue weighted by molar-refractivity contribution is 0.433. The Balaban J connectivity index is 1.92. The largest absolute Gasteiger partial charge is 0.312 e. The number of benzene rings is 2. The van der Waals surface area contributed by atoms with Crippen LogP contribution in [0.4, 0.5) is 8.78 Å². The molecule has 0 spiro atoms. The van der Waals surface area contributed by atoms with Crippen LogP contribution in [0.2, 0.25) is 0 Å². The second-order valence-corrected chi connectivity index (χ2v) is 4.95. The second-order valence-electron chi connectivity index (χ2n) is 4.95. The van der Waals surface area contributed by atoms with Crippen LogP contribution in [0.3, 0.4) is 0 Å². The molecule has 0 heterocycles. The first-order valence-electron chi connectivity index (χ1n) is 6.40. The van der Waals surface area contributed by atoms with E-state index in [1.54, 1.807) is 6.07 Å². The lowest BCUT2D eigenvalue weighted by Gasteiger charge is -2.36. The maximum atomic E-state index is 13.4. The van der Waals surface area contributed by atoms with Gasteiger partial charge in [0.15, 0.2) is 11.6 Å². The SMILES string of the molecule is CNC(c1ccc(F)c(F)c1)C1Cc2ccccc21. The normalized spacial score (nSPS) is 18.6. The van der Waals surface area contributed by atoms with Crippen molar-refractivity contribution in [1.29, 1.82) is 0 Å². The summed E-state index contributed by atoms with van der Waals surface area (Å²) in [6, 6.07) is 12.4. The van der Waals surface area contributed by atoms with Gasteiger partial charge in [-0.25, -0.2) is 8.78 Å². The smallest absolute Gasteiger partial charge is 0.159 e. The molecule has 0 saturated carbocycles. The summed E-state index contributed by atoms with van der Waals surface area (Å²) >= 11 is 0. The van der Waals surface area contributed by atoms with E-state index >= 15 is 0 Å². The maximum absolute atomic E-state index is 13.4. The van der Waals surface area contributed by atoms with E-state index in [9.17, 15) is 8.78 Å². The van der Waals surface area contributed by atoms with E-state index in [1.807, 2.05) is 19.2 Å². The summed E-state index contributed by atoms with van der Waals surface area (Å²) in [4.78, 5) is 0. The van der Waals surface area contributed by atoms with E-state index in [2.05, 4.69) is 17.4 Å². The Morgan fingerprint density at radius 2 is 1.89 bits per heavy atom. The van der Waals surface area contributed by atoms with Crippen LogP contribution in [0.5, 0.6) is 0 Å². The van der Waals surface area contributed by atoms with E-state index in [0.717, 1.165) is 12.0 Å². The quantitative estimate of drug-likeness (QED) is 0.888. The van der Waals surface area contributed by atoms with Crippen molar-refractivity contribution in [3.8, 4) is 0 Å². The van der Waals surface area contributed by atoms with Crippen LogP contribution in [0.15, 0.2) is 42.5 Å². The van der Waals surface area contributed by atoms with Crippen molar-refractivity contribution in [2.45, 2.75) is 18.4 Å². The Morgan fingerprint density at radius 1 is 1.11 bits per heavy atom. The van der Waals surface area contributed by atoms with Gasteiger partial charge in [0.05, 0.1) is 0 Å². The standard InChI is InChI=1S/C16H15F2N/c1-19-16(11-6-7-14(17)15(18)9-11)13-8-10-4-2-3-5-12(10)13/h2-7,9,13,16,19H,8H2,1H3. The number of nitrogens with one attached hydrogen (secondary N) is 1. The molecule has 0 fully saturated rings. The fourth-order valence-electron chi connectivity index (χ4n) is 2.90. The summed E-state index contributed by atoms with van der Waals surface area (Å²) in [5.41, 5.74) is 3.43. The van der Waals surface area contributed by atoms with E-state index in [1.165, 1.54) is 23.3 Å². The average molecular weight is 259 g/mol. The van der Waals surface area contributed by atoms with Gasteiger partial charge in [-0.05, 0) is 42.3 Å². The molecule has 2 atom stereocenters. The Labute approximate surface area is 111 Å². The predicted octanol–water partition coefficient (Wildman–Crippen LogP) is 3.57. The van der Waals surface area contributed by atoms with Gasteiger partial charge in [-0.15, -0.1) is 0 Å². The summed E-state index contributed by atoms with van der Waals surface area (Å²) in [5.74, 6) is -1.26. The zero-order valence-corrected chi connectivity index (χ0v) is 10.7. The van der Waals surface area contributed by atoms with Gasteiger partial charge in [0.2, 0.25) is 0 Å². The number of fused-ring (bicyclic) bond motifs is 1. The first-order chi connectivity index (χ1) is 9.20. The van der Waals surface area contributed by atoms with Crippen molar-refractivity contribution < 1.29 is 8.78 Å². The molecule has 1 aliphatic carbocycles. The first kappa shape index (κ1) is 12.3. The monoisotopic (exact) mass is 259 g/mol. The van der Waals surface area contributed by atoms with Gasteiger partial charge < -0.3 is 5.32 Å². The number of hydrogen-bond acceptors (Lipinski definition) is 1. The molecule has 2 unspecified atom stereocenters. The number of rotatable bonds is 3. The van der Waals surface area contributed by atoms with E-state index in [-0.39, 0.29) is 6.04 Å². The van der Waals surface area contributed by atoms with Crippen LogP contribution in [0.1, 0.15) is 28.7 Å². The fourth-order valence-corrected chi connectivity index (χ4v) is 2.90. The fraction of sp³-hybridized carbons (Fsp3) is 0.250. The topological polar surface area (TPSA) is 12.0 Å². The summed E-state index contributed by atoms with van der Waals surface area (Å²) in [5, 5.41) is 3.22. The number of halogens is 2. The summed E-state index contributed by atoms with van der Waals surface area (Å²) < 4.78 is 26.4. The predicted molar refractivity (Wildman–Crippen MR) is 71.0 cm³/mol. The molecule has 3 rings (SSSR count). The first-order valence-corrected chi connectivity index (χ1v) is 6.40. The summed E-state index contributed by atoms with van der Waals surface area (Å²) in [6.45, 7) is 0. The molecule has 0 radical (unpaired) electrons. The third-order valence-corrected chi connectivity index (χ3v) is 3.91. The Kier molecular flexibility index (Phi) is 3.07. The molecule has 0 aromatic heterocycles. The average Bonchev–Trinajstić information content (AvgIpc) is 2.39. The van der Waals surface area contributed by atoms with Crippen LogP contribution in [-0.4, -0.2) is 7.05 Å². The van der Waals surface area contributed by atoms with Crippen molar-refractivity contribution in [2.24, 2.45) is 0 Å². The molecule has 3 heteroatoms. The third-order valence-electron chi connectivity index (χ3n) is 3.91. The third kappa shape index (κ3) is 2.04. The second kappa shape index (κ2) is 4.74. The van der Waals surface area contributed by atoms with Gasteiger partial charge in [0.25, 0.3) is 0 Å². The van der Waals surface area contributed by atoms with Crippen molar-refractivity contribution in [2.75, 3.05) is 7.05 Å². The van der Waals surface area contributed by atoms with Crippen molar-refractivity contribution in [3.05, 3.63) is 70.8 Å². The van der Waals surface area contributed by atoms with Crippen LogP contribution < -0.4 is 5.32 Å². The van der Waals surface area contributed by atoms with Crippen molar-refractivity contribution >= 4 is 0 Å². The Hall–Kier alpha value is -1.74. The van der Waals surface area contributed by atoms with Crippen LogP contribution >= 0.6 is 0 Å². The zero-order valence-electron chi connectivity index (χ0n) is 10.7. The van der Waals surface area contributed by atoms with Gasteiger partial charge in [0, 0.05) is 12.0 Å². The van der Waals surface area contributed by atoms with Crippen LogP contribution in [0.25, 0.3) is 0 Å². The highest BCUT2D eigenvalue weighted by Gasteiger charge is 2.33. The molecular formula is C16H15F2N. The molecule has 2 aromatic carbocycles. The minimum absolute atomic E-state index is 0.0185. The molecule has 98 valence electrons. The molecule has 1 nitrogen and oxygen atoms in total. The highest BCUT2D eigenvalue weighted by Crippen LogP contribution is 2.43. The molecule has 1 N–H and O–H groups in total. The molecular weight excluding hydrogens is 244 g/mol. The van der Waals surface area contributed by atoms with Gasteiger partial charge in [-0.1, -0.05) is 30.3 Å². The molecule has 1 aliphatic rings. The summed E-state index contributed by atoms with van der Waals surface area (Å²) in [7, 11) is 1.85. The number of hydrogen-bond donors (Lipinski definition) is 1. The van der Waals surface area contributed by atoms with Crippen molar-refractivity contribution in [1.82, 2.24) is 5.32 Å². The minimum atomic E-state index is -0.799. The lowest BCUT2D eigenvalue weighted by Crippen LogP contribution is -2.31. The molecule has 0 aliphatic heterocycles. The van der Waals surface area contributed by atoms with E-state index in [4.69, 9.17) is 0 Å². The van der Waals surface area contributed by atoms with Gasteiger partial charge in [-0.3, -0.25) is 0 Å². The number of likely N-dealkylation sites (N-methyl/N-ethyl adjacent to an activating group) is 1. The molecule has 2 aromatic rings. The van der Waals surface area contributed by atoms with Crippen LogP contribution in [0, 0.1) is 11.6 Å². The molecule has 0 saturated heterocycles. The van der Waals surface area contributed by atoms with Gasteiger partial charge in [-0.2, -0.15) is 0 Å².